The lowest BCUT2D eigenvalue weighted by Crippen LogP contribution is -2.25. The second kappa shape index (κ2) is 5.35. The van der Waals surface area contributed by atoms with Crippen molar-refractivity contribution in [1.29, 1.82) is 0 Å². The summed E-state index contributed by atoms with van der Waals surface area (Å²) in [5.74, 6) is 0. The fourth-order valence-corrected chi connectivity index (χ4v) is 1.63. The normalized spacial score (nSPS) is 12.9. The van der Waals surface area contributed by atoms with Gasteiger partial charge in [-0.25, -0.2) is 0 Å². The van der Waals surface area contributed by atoms with Gasteiger partial charge in [0.2, 0.25) is 0 Å². The van der Waals surface area contributed by atoms with Crippen molar-refractivity contribution in [3.63, 3.8) is 0 Å². The number of halogens is 1. The highest BCUT2D eigenvalue weighted by atomic mass is 35.5. The zero-order valence-corrected chi connectivity index (χ0v) is 9.30. The van der Waals surface area contributed by atoms with Crippen LogP contribution in [0.25, 0.3) is 0 Å². The molecule has 1 unspecified atom stereocenters. The van der Waals surface area contributed by atoms with Gasteiger partial charge in [0.15, 0.2) is 0 Å². The number of hydrogen-bond donors (Lipinski definition) is 2. The molecule has 1 rings (SSSR count). The van der Waals surface area contributed by atoms with Crippen molar-refractivity contribution in [2.24, 2.45) is 0 Å². The number of aliphatic hydroxyl groups excluding tert-OH is 1. The van der Waals surface area contributed by atoms with Gasteiger partial charge in [0.25, 0.3) is 0 Å². The molecule has 1 aromatic rings. The molecule has 0 saturated heterocycles. The summed E-state index contributed by atoms with van der Waals surface area (Å²) in [5.41, 5.74) is 2.17. The van der Waals surface area contributed by atoms with Crippen LogP contribution in [0, 0.1) is 6.92 Å². The number of likely N-dealkylation sites (N-methyl/N-ethyl adjacent to an activating group) is 1. The highest BCUT2D eigenvalue weighted by molar-refractivity contribution is 6.31. The third-order valence-electron chi connectivity index (χ3n) is 2.28. The third kappa shape index (κ3) is 2.98. The standard InChI is InChI=1S/C11H16ClNO/c1-8-9(4-3-5-11(8)12)6-10(14)7-13-2/h3-5,10,13-14H,6-7H2,1-2H3. The lowest BCUT2D eigenvalue weighted by molar-refractivity contribution is 0.174. The maximum atomic E-state index is 9.61. The van der Waals surface area contributed by atoms with E-state index in [0.717, 1.165) is 16.1 Å². The van der Waals surface area contributed by atoms with Crippen LogP contribution in [0.15, 0.2) is 18.2 Å². The van der Waals surface area contributed by atoms with E-state index in [1.165, 1.54) is 0 Å². The van der Waals surface area contributed by atoms with Crippen molar-refractivity contribution in [3.8, 4) is 0 Å². The van der Waals surface area contributed by atoms with Gasteiger partial charge in [-0.15, -0.1) is 0 Å². The number of nitrogens with one attached hydrogen (secondary N) is 1. The molecule has 0 aromatic heterocycles. The molecule has 1 atom stereocenters. The average Bonchev–Trinajstić information content (AvgIpc) is 2.13. The number of aliphatic hydroxyl groups is 1. The van der Waals surface area contributed by atoms with E-state index in [9.17, 15) is 5.11 Å². The third-order valence-corrected chi connectivity index (χ3v) is 2.68. The fraction of sp³-hybridized carbons (Fsp3) is 0.455. The van der Waals surface area contributed by atoms with Crippen molar-refractivity contribution in [2.75, 3.05) is 13.6 Å². The van der Waals surface area contributed by atoms with E-state index in [-0.39, 0.29) is 6.10 Å². The molecule has 2 N–H and O–H groups in total. The minimum absolute atomic E-state index is 0.350. The minimum atomic E-state index is -0.350. The minimum Gasteiger partial charge on any atom is -0.391 e. The summed E-state index contributed by atoms with van der Waals surface area (Å²) < 4.78 is 0. The molecule has 78 valence electrons. The van der Waals surface area contributed by atoms with Crippen molar-refractivity contribution in [2.45, 2.75) is 19.4 Å². The van der Waals surface area contributed by atoms with Crippen LogP contribution in [0.1, 0.15) is 11.1 Å². The molecule has 0 saturated carbocycles. The first-order valence-corrected chi connectivity index (χ1v) is 5.09. The second-order valence-electron chi connectivity index (χ2n) is 3.44. The Balaban J connectivity index is 2.71. The number of hydrogen-bond acceptors (Lipinski definition) is 2. The van der Waals surface area contributed by atoms with E-state index in [2.05, 4.69) is 5.32 Å². The number of benzene rings is 1. The monoisotopic (exact) mass is 213 g/mol. The lowest BCUT2D eigenvalue weighted by Gasteiger charge is -2.12. The Morgan fingerprint density at radius 3 is 2.86 bits per heavy atom. The van der Waals surface area contributed by atoms with Crippen LogP contribution < -0.4 is 5.32 Å². The molecule has 0 aliphatic rings. The average molecular weight is 214 g/mol. The van der Waals surface area contributed by atoms with Crippen LogP contribution in [0.3, 0.4) is 0 Å². The first-order chi connectivity index (χ1) is 6.65. The molecule has 0 amide bonds. The maximum absolute atomic E-state index is 9.61. The van der Waals surface area contributed by atoms with Crippen LogP contribution in [0.2, 0.25) is 5.02 Å². The Labute approximate surface area is 89.9 Å². The Morgan fingerprint density at radius 1 is 1.50 bits per heavy atom. The van der Waals surface area contributed by atoms with E-state index >= 15 is 0 Å². The van der Waals surface area contributed by atoms with Crippen LogP contribution in [-0.2, 0) is 6.42 Å². The summed E-state index contributed by atoms with van der Waals surface area (Å²) in [6, 6.07) is 5.78. The Morgan fingerprint density at radius 2 is 2.21 bits per heavy atom. The lowest BCUT2D eigenvalue weighted by atomic mass is 10.0. The van der Waals surface area contributed by atoms with Gasteiger partial charge in [-0.2, -0.15) is 0 Å². The fourth-order valence-electron chi connectivity index (χ4n) is 1.43. The van der Waals surface area contributed by atoms with Crippen molar-refractivity contribution >= 4 is 11.6 Å². The van der Waals surface area contributed by atoms with Crippen LogP contribution in [-0.4, -0.2) is 24.8 Å². The summed E-state index contributed by atoms with van der Waals surface area (Å²) in [7, 11) is 1.83. The van der Waals surface area contributed by atoms with E-state index in [0.29, 0.717) is 13.0 Å². The molecule has 0 heterocycles. The molecule has 0 aliphatic heterocycles. The summed E-state index contributed by atoms with van der Waals surface area (Å²) in [6.07, 6.45) is 0.296. The molecule has 3 heteroatoms. The Bertz CT molecular complexity index is 301. The topological polar surface area (TPSA) is 32.3 Å². The zero-order chi connectivity index (χ0) is 10.6. The van der Waals surface area contributed by atoms with Gasteiger partial charge in [-0.3, -0.25) is 0 Å². The Hall–Kier alpha value is -0.570. The first-order valence-electron chi connectivity index (χ1n) is 4.71. The van der Waals surface area contributed by atoms with Crippen molar-refractivity contribution < 1.29 is 5.11 Å². The largest absolute Gasteiger partial charge is 0.391 e. The Kier molecular flexibility index (Phi) is 4.39. The van der Waals surface area contributed by atoms with Gasteiger partial charge in [-0.05, 0) is 37.6 Å². The predicted molar refractivity (Wildman–Crippen MR) is 59.8 cm³/mol. The maximum Gasteiger partial charge on any atom is 0.0704 e. The van der Waals surface area contributed by atoms with Gasteiger partial charge >= 0.3 is 0 Å². The van der Waals surface area contributed by atoms with E-state index in [1.54, 1.807) is 0 Å². The van der Waals surface area contributed by atoms with E-state index < -0.39 is 0 Å². The van der Waals surface area contributed by atoms with Crippen LogP contribution in [0.5, 0.6) is 0 Å². The van der Waals surface area contributed by atoms with Crippen LogP contribution >= 0.6 is 11.6 Å². The summed E-state index contributed by atoms with van der Waals surface area (Å²) >= 11 is 5.98. The SMILES string of the molecule is CNCC(O)Cc1cccc(Cl)c1C. The summed E-state index contributed by atoms with van der Waals surface area (Å²) in [6.45, 7) is 2.58. The highest BCUT2D eigenvalue weighted by Gasteiger charge is 2.07. The van der Waals surface area contributed by atoms with Crippen molar-refractivity contribution in [1.82, 2.24) is 5.32 Å². The van der Waals surface area contributed by atoms with Gasteiger partial charge < -0.3 is 10.4 Å². The zero-order valence-electron chi connectivity index (χ0n) is 8.55. The molecule has 0 bridgehead atoms. The van der Waals surface area contributed by atoms with E-state index in [4.69, 9.17) is 11.6 Å². The van der Waals surface area contributed by atoms with Gasteiger partial charge in [0.05, 0.1) is 6.10 Å². The highest BCUT2D eigenvalue weighted by Crippen LogP contribution is 2.19. The van der Waals surface area contributed by atoms with Gasteiger partial charge in [0.1, 0.15) is 0 Å². The quantitative estimate of drug-likeness (QED) is 0.799. The molecule has 2 nitrogen and oxygen atoms in total. The van der Waals surface area contributed by atoms with Crippen LogP contribution in [0.4, 0.5) is 0 Å². The molecule has 0 radical (unpaired) electrons. The predicted octanol–water partition coefficient (Wildman–Crippen LogP) is 1.77. The molecule has 14 heavy (non-hydrogen) atoms. The smallest absolute Gasteiger partial charge is 0.0704 e. The molecule has 0 fully saturated rings. The summed E-state index contributed by atoms with van der Waals surface area (Å²) in [5, 5.41) is 13.3. The number of rotatable bonds is 4. The molecular formula is C11H16ClNO. The van der Waals surface area contributed by atoms with Gasteiger partial charge in [0, 0.05) is 11.6 Å². The molecule has 1 aromatic carbocycles. The van der Waals surface area contributed by atoms with Crippen molar-refractivity contribution in [3.05, 3.63) is 34.3 Å². The van der Waals surface area contributed by atoms with Gasteiger partial charge in [-0.1, -0.05) is 23.7 Å². The molecule has 0 aliphatic carbocycles. The first kappa shape index (κ1) is 11.5. The molecular weight excluding hydrogens is 198 g/mol. The molecule has 0 spiro atoms. The summed E-state index contributed by atoms with van der Waals surface area (Å²) in [4.78, 5) is 0. The second-order valence-corrected chi connectivity index (χ2v) is 3.85. The van der Waals surface area contributed by atoms with E-state index in [1.807, 2.05) is 32.2 Å².